The zero-order chi connectivity index (χ0) is 8.91. The van der Waals surface area contributed by atoms with Crippen LogP contribution in [0.25, 0.3) is 0 Å². The lowest BCUT2D eigenvalue weighted by molar-refractivity contribution is -0.110. The van der Waals surface area contributed by atoms with Crippen molar-refractivity contribution >= 4 is 16.9 Å². The van der Waals surface area contributed by atoms with E-state index < -0.39 is 0 Å². The molecule has 0 heterocycles. The molecule has 0 aromatic carbocycles. The van der Waals surface area contributed by atoms with Crippen molar-refractivity contribution in [2.24, 2.45) is 0 Å². The molecule has 0 saturated carbocycles. The van der Waals surface area contributed by atoms with Crippen LogP contribution in [0.4, 0.5) is 0 Å². The van der Waals surface area contributed by atoms with Crippen LogP contribution in [0.15, 0.2) is 12.7 Å². The molecule has 0 atom stereocenters. The highest BCUT2D eigenvalue weighted by molar-refractivity contribution is 8.14. The fourth-order valence-corrected chi connectivity index (χ4v) is 1.52. The molecule has 0 rings (SSSR count). The fraction of sp³-hybridized carbons (Fsp3) is 0.667. The van der Waals surface area contributed by atoms with Gasteiger partial charge in [0.1, 0.15) is 0 Å². The zero-order valence-electron chi connectivity index (χ0n) is 7.52. The van der Waals surface area contributed by atoms with Crippen LogP contribution in [-0.4, -0.2) is 9.86 Å². The Hall–Kier alpha value is -0.240. The van der Waals surface area contributed by atoms with E-state index >= 15 is 0 Å². The molecule has 0 amide bonds. The summed E-state index contributed by atoms with van der Waals surface area (Å²) in [5.74, 6) is 0. The molecule has 0 saturated heterocycles. The van der Waals surface area contributed by atoms with Gasteiger partial charge in [0.2, 0.25) is 0 Å². The number of hydrogen-bond donors (Lipinski definition) is 0. The minimum absolute atomic E-state index is 0.0538. The molecule has 0 bridgehead atoms. The zero-order valence-corrected chi connectivity index (χ0v) is 8.33. The molecule has 64 valence electrons. The van der Waals surface area contributed by atoms with E-state index in [-0.39, 0.29) is 9.86 Å². The minimum Gasteiger partial charge on any atom is -0.287 e. The van der Waals surface area contributed by atoms with Crippen molar-refractivity contribution in [1.29, 1.82) is 0 Å². The third-order valence-corrected chi connectivity index (χ3v) is 2.02. The molecular weight excluding hydrogens is 156 g/mol. The summed E-state index contributed by atoms with van der Waals surface area (Å²) < 4.78 is 0.0538. The smallest absolute Gasteiger partial charge is 0.189 e. The van der Waals surface area contributed by atoms with Gasteiger partial charge in [-0.05, 0) is 6.42 Å². The number of carbonyl (C=O) groups excluding carboxylic acids is 1. The van der Waals surface area contributed by atoms with Crippen LogP contribution in [-0.2, 0) is 4.79 Å². The third-order valence-electron chi connectivity index (χ3n) is 0.973. The second kappa shape index (κ2) is 4.60. The Morgan fingerprint density at radius 3 is 2.45 bits per heavy atom. The van der Waals surface area contributed by atoms with Gasteiger partial charge < -0.3 is 0 Å². The molecular formula is C9H16OS. The Labute approximate surface area is 73.3 Å². The largest absolute Gasteiger partial charge is 0.287 e. The Balaban J connectivity index is 3.61. The van der Waals surface area contributed by atoms with Gasteiger partial charge in [0, 0.05) is 11.2 Å². The molecule has 0 aromatic rings. The van der Waals surface area contributed by atoms with E-state index in [1.165, 1.54) is 11.8 Å². The van der Waals surface area contributed by atoms with Crippen LogP contribution < -0.4 is 0 Å². The van der Waals surface area contributed by atoms with Crippen molar-refractivity contribution in [3.8, 4) is 0 Å². The molecule has 1 nitrogen and oxygen atoms in total. The van der Waals surface area contributed by atoms with E-state index in [1.807, 2.05) is 20.8 Å². The molecule has 0 spiro atoms. The molecule has 0 aliphatic rings. The van der Waals surface area contributed by atoms with Gasteiger partial charge in [0.05, 0.1) is 0 Å². The lowest BCUT2D eigenvalue weighted by Crippen LogP contribution is -2.11. The van der Waals surface area contributed by atoms with Gasteiger partial charge in [0.25, 0.3) is 0 Å². The molecule has 0 fully saturated rings. The molecule has 0 aliphatic heterocycles. The van der Waals surface area contributed by atoms with Crippen molar-refractivity contribution in [2.45, 2.75) is 38.4 Å². The van der Waals surface area contributed by atoms with Gasteiger partial charge in [-0.15, -0.1) is 6.58 Å². The van der Waals surface area contributed by atoms with Gasteiger partial charge in [0.15, 0.2) is 5.12 Å². The first-order chi connectivity index (χ1) is 4.95. The molecule has 0 aromatic heterocycles. The predicted molar refractivity (Wildman–Crippen MR) is 51.8 cm³/mol. The van der Waals surface area contributed by atoms with Gasteiger partial charge >= 0.3 is 0 Å². The molecule has 2 heteroatoms. The van der Waals surface area contributed by atoms with Crippen molar-refractivity contribution in [2.75, 3.05) is 0 Å². The highest BCUT2D eigenvalue weighted by Gasteiger charge is 2.15. The second-order valence-corrected chi connectivity index (χ2v) is 5.30. The first-order valence-corrected chi connectivity index (χ1v) is 4.60. The van der Waals surface area contributed by atoms with E-state index in [1.54, 1.807) is 6.08 Å². The summed E-state index contributed by atoms with van der Waals surface area (Å²) in [7, 11) is 0. The highest BCUT2D eigenvalue weighted by Crippen LogP contribution is 2.25. The minimum atomic E-state index is 0.0538. The SMILES string of the molecule is C=CCCC(=O)SC(C)(C)C. The predicted octanol–water partition coefficient (Wildman–Crippen LogP) is 3.01. The van der Waals surface area contributed by atoms with E-state index in [2.05, 4.69) is 6.58 Å². The van der Waals surface area contributed by atoms with Gasteiger partial charge in [-0.3, -0.25) is 4.79 Å². The Kier molecular flexibility index (Phi) is 4.50. The molecule has 0 radical (unpaired) electrons. The van der Waals surface area contributed by atoms with E-state index in [4.69, 9.17) is 0 Å². The average molecular weight is 172 g/mol. The van der Waals surface area contributed by atoms with Gasteiger partial charge in [-0.2, -0.15) is 0 Å². The summed E-state index contributed by atoms with van der Waals surface area (Å²) in [6.45, 7) is 9.70. The quantitative estimate of drug-likeness (QED) is 0.609. The van der Waals surface area contributed by atoms with E-state index in [0.29, 0.717) is 6.42 Å². The summed E-state index contributed by atoms with van der Waals surface area (Å²) in [4.78, 5) is 11.1. The monoisotopic (exact) mass is 172 g/mol. The molecule has 0 aliphatic carbocycles. The first kappa shape index (κ1) is 10.8. The lowest BCUT2D eigenvalue weighted by Gasteiger charge is -2.15. The standard InChI is InChI=1S/C9H16OS/c1-5-6-7-8(10)11-9(2,3)4/h5H,1,6-7H2,2-4H3. The Morgan fingerprint density at radius 2 is 2.09 bits per heavy atom. The molecule has 11 heavy (non-hydrogen) atoms. The normalized spacial score (nSPS) is 11.2. The van der Waals surface area contributed by atoms with Crippen molar-refractivity contribution in [3.05, 3.63) is 12.7 Å². The fourth-order valence-electron chi connectivity index (χ4n) is 0.612. The summed E-state index contributed by atoms with van der Waals surface area (Å²) in [5, 5.41) is 0.261. The number of carbonyl (C=O) groups is 1. The summed E-state index contributed by atoms with van der Waals surface area (Å²) in [6.07, 6.45) is 3.19. The van der Waals surface area contributed by atoms with Crippen LogP contribution in [0, 0.1) is 0 Å². The summed E-state index contributed by atoms with van der Waals surface area (Å²) in [5.41, 5.74) is 0. The average Bonchev–Trinajstić information content (AvgIpc) is 1.79. The maximum Gasteiger partial charge on any atom is 0.189 e. The third kappa shape index (κ3) is 7.66. The topological polar surface area (TPSA) is 17.1 Å². The number of rotatable bonds is 3. The van der Waals surface area contributed by atoms with Crippen molar-refractivity contribution in [1.82, 2.24) is 0 Å². The van der Waals surface area contributed by atoms with E-state index in [9.17, 15) is 4.79 Å². The second-order valence-electron chi connectivity index (χ2n) is 3.41. The maximum atomic E-state index is 11.1. The van der Waals surface area contributed by atoms with Crippen LogP contribution in [0.2, 0.25) is 0 Å². The Morgan fingerprint density at radius 1 is 1.55 bits per heavy atom. The lowest BCUT2D eigenvalue weighted by atomic mass is 10.3. The van der Waals surface area contributed by atoms with Crippen LogP contribution in [0.3, 0.4) is 0 Å². The van der Waals surface area contributed by atoms with Crippen molar-refractivity contribution < 1.29 is 4.79 Å². The van der Waals surface area contributed by atoms with Crippen LogP contribution in [0.5, 0.6) is 0 Å². The molecule has 0 N–H and O–H groups in total. The van der Waals surface area contributed by atoms with E-state index in [0.717, 1.165) is 6.42 Å². The first-order valence-electron chi connectivity index (χ1n) is 3.78. The van der Waals surface area contributed by atoms with Crippen LogP contribution >= 0.6 is 11.8 Å². The van der Waals surface area contributed by atoms with Crippen LogP contribution in [0.1, 0.15) is 33.6 Å². The summed E-state index contributed by atoms with van der Waals surface area (Å²) >= 11 is 1.41. The highest BCUT2D eigenvalue weighted by atomic mass is 32.2. The Bertz CT molecular complexity index is 144. The number of hydrogen-bond acceptors (Lipinski definition) is 2. The molecule has 0 unspecified atom stereocenters. The maximum absolute atomic E-state index is 11.1. The number of thioether (sulfide) groups is 1. The van der Waals surface area contributed by atoms with Gasteiger partial charge in [-0.25, -0.2) is 0 Å². The number of allylic oxidation sites excluding steroid dienone is 1. The summed E-state index contributed by atoms with van der Waals surface area (Å²) in [6, 6.07) is 0. The van der Waals surface area contributed by atoms with Gasteiger partial charge in [-0.1, -0.05) is 38.6 Å². The van der Waals surface area contributed by atoms with Crippen molar-refractivity contribution in [3.63, 3.8) is 0 Å².